The summed E-state index contributed by atoms with van der Waals surface area (Å²) in [5, 5.41) is 10.2. The third-order valence-electron chi connectivity index (χ3n) is 4.12. The van der Waals surface area contributed by atoms with Gasteiger partial charge >= 0.3 is 0 Å². The van der Waals surface area contributed by atoms with Gasteiger partial charge in [0.15, 0.2) is 0 Å². The number of benzene rings is 1. The minimum atomic E-state index is -0.290. The van der Waals surface area contributed by atoms with Crippen LogP contribution in [0.5, 0.6) is 0 Å². The molecule has 1 fully saturated rings. The highest BCUT2D eigenvalue weighted by atomic mass is 16.3. The third-order valence-corrected chi connectivity index (χ3v) is 4.12. The topological polar surface area (TPSA) is 23.5 Å². The fourth-order valence-electron chi connectivity index (χ4n) is 2.85. The molecule has 0 aliphatic heterocycles. The Morgan fingerprint density at radius 3 is 2.33 bits per heavy atom. The summed E-state index contributed by atoms with van der Waals surface area (Å²) in [6.07, 6.45) is 7.30. The lowest BCUT2D eigenvalue weighted by atomic mass is 9.96. The van der Waals surface area contributed by atoms with Crippen molar-refractivity contribution in [3.05, 3.63) is 29.8 Å². The van der Waals surface area contributed by atoms with Gasteiger partial charge in [-0.1, -0.05) is 37.8 Å². The van der Waals surface area contributed by atoms with E-state index >= 15 is 0 Å². The third kappa shape index (κ3) is 3.49. The maximum Gasteiger partial charge on any atom is 0.0790 e. The Morgan fingerprint density at radius 2 is 1.78 bits per heavy atom. The molecule has 1 unspecified atom stereocenters. The van der Waals surface area contributed by atoms with E-state index in [1.807, 2.05) is 14.1 Å². The molecule has 1 aliphatic rings. The molecule has 100 valence electrons. The number of nitrogens with zero attached hydrogens (tertiary/aromatic N) is 1. The van der Waals surface area contributed by atoms with Crippen LogP contribution in [0, 0.1) is 5.92 Å². The fourth-order valence-corrected chi connectivity index (χ4v) is 2.85. The van der Waals surface area contributed by atoms with Gasteiger partial charge in [-0.2, -0.15) is 0 Å². The molecule has 0 radical (unpaired) electrons. The molecule has 1 aromatic rings. The highest BCUT2D eigenvalue weighted by Crippen LogP contribution is 2.31. The zero-order valence-electron chi connectivity index (χ0n) is 11.6. The molecule has 0 aromatic heterocycles. The second kappa shape index (κ2) is 6.24. The van der Waals surface area contributed by atoms with Crippen molar-refractivity contribution in [2.75, 3.05) is 19.0 Å². The molecule has 2 rings (SSSR count). The molecule has 1 atom stereocenters. The van der Waals surface area contributed by atoms with E-state index in [2.05, 4.69) is 29.2 Å². The summed E-state index contributed by atoms with van der Waals surface area (Å²) >= 11 is 0. The van der Waals surface area contributed by atoms with Gasteiger partial charge in [0.2, 0.25) is 0 Å². The lowest BCUT2D eigenvalue weighted by Gasteiger charge is -2.16. The predicted molar refractivity (Wildman–Crippen MR) is 76.9 cm³/mol. The summed E-state index contributed by atoms with van der Waals surface area (Å²) in [7, 11) is 4.07. The van der Waals surface area contributed by atoms with Gasteiger partial charge in [-0.15, -0.1) is 0 Å². The molecule has 18 heavy (non-hydrogen) atoms. The monoisotopic (exact) mass is 247 g/mol. The van der Waals surface area contributed by atoms with Crippen LogP contribution in [0.25, 0.3) is 0 Å². The first-order chi connectivity index (χ1) is 8.66. The van der Waals surface area contributed by atoms with Gasteiger partial charge in [-0.05, 0) is 36.5 Å². The Labute approximate surface area is 111 Å². The highest BCUT2D eigenvalue weighted by molar-refractivity contribution is 5.46. The molecule has 1 aromatic carbocycles. The largest absolute Gasteiger partial charge is 0.388 e. The minimum Gasteiger partial charge on any atom is -0.388 e. The summed E-state index contributed by atoms with van der Waals surface area (Å²) in [6, 6.07) is 8.26. The van der Waals surface area contributed by atoms with Crippen molar-refractivity contribution in [2.24, 2.45) is 5.92 Å². The first-order valence-corrected chi connectivity index (χ1v) is 7.12. The van der Waals surface area contributed by atoms with E-state index < -0.39 is 0 Å². The quantitative estimate of drug-likeness (QED) is 0.856. The molecule has 1 aliphatic carbocycles. The molecule has 1 N–H and O–H groups in total. The van der Waals surface area contributed by atoms with E-state index in [1.54, 1.807) is 0 Å². The van der Waals surface area contributed by atoms with Crippen LogP contribution in [0.4, 0.5) is 5.69 Å². The van der Waals surface area contributed by atoms with Gasteiger partial charge in [0.05, 0.1) is 6.10 Å². The number of aliphatic hydroxyl groups is 1. The zero-order chi connectivity index (χ0) is 13.0. The molecule has 0 saturated heterocycles. The average molecular weight is 247 g/mol. The Hall–Kier alpha value is -1.02. The summed E-state index contributed by atoms with van der Waals surface area (Å²) in [5.41, 5.74) is 2.24. The maximum absolute atomic E-state index is 10.2. The van der Waals surface area contributed by atoms with E-state index in [-0.39, 0.29) is 6.10 Å². The smallest absolute Gasteiger partial charge is 0.0790 e. The van der Waals surface area contributed by atoms with Gasteiger partial charge in [-0.25, -0.2) is 0 Å². The molecule has 0 heterocycles. The number of anilines is 1. The van der Waals surface area contributed by atoms with Crippen LogP contribution in [0.3, 0.4) is 0 Å². The first kappa shape index (κ1) is 13.4. The Morgan fingerprint density at radius 1 is 1.17 bits per heavy atom. The fraction of sp³-hybridized carbons (Fsp3) is 0.625. The molecular formula is C16H25NO. The van der Waals surface area contributed by atoms with E-state index in [0.29, 0.717) is 0 Å². The summed E-state index contributed by atoms with van der Waals surface area (Å²) < 4.78 is 0. The van der Waals surface area contributed by atoms with Crippen molar-refractivity contribution >= 4 is 5.69 Å². The van der Waals surface area contributed by atoms with Crippen LogP contribution >= 0.6 is 0 Å². The van der Waals surface area contributed by atoms with E-state index in [0.717, 1.165) is 17.9 Å². The molecule has 0 bridgehead atoms. The first-order valence-electron chi connectivity index (χ1n) is 7.12. The van der Waals surface area contributed by atoms with Gasteiger partial charge in [-0.3, -0.25) is 0 Å². The highest BCUT2D eigenvalue weighted by Gasteiger charge is 2.17. The van der Waals surface area contributed by atoms with E-state index in [9.17, 15) is 5.11 Å². The van der Waals surface area contributed by atoms with E-state index in [4.69, 9.17) is 0 Å². The van der Waals surface area contributed by atoms with Crippen molar-refractivity contribution in [3.8, 4) is 0 Å². The lowest BCUT2D eigenvalue weighted by Crippen LogP contribution is -2.08. The molecule has 0 spiro atoms. The van der Waals surface area contributed by atoms with Crippen LogP contribution in [-0.4, -0.2) is 19.2 Å². The Balaban J connectivity index is 1.85. The van der Waals surface area contributed by atoms with Crippen molar-refractivity contribution in [1.29, 1.82) is 0 Å². The average Bonchev–Trinajstić information content (AvgIpc) is 2.89. The molecule has 2 heteroatoms. The summed E-state index contributed by atoms with van der Waals surface area (Å²) in [5.74, 6) is 0.862. The number of aliphatic hydroxyl groups excluding tert-OH is 1. The van der Waals surface area contributed by atoms with Crippen molar-refractivity contribution in [1.82, 2.24) is 0 Å². The maximum atomic E-state index is 10.2. The van der Waals surface area contributed by atoms with Crippen LogP contribution in [0.2, 0.25) is 0 Å². The molecular weight excluding hydrogens is 222 g/mol. The van der Waals surface area contributed by atoms with Gasteiger partial charge in [0.1, 0.15) is 0 Å². The zero-order valence-corrected chi connectivity index (χ0v) is 11.6. The SMILES string of the molecule is CN(C)c1ccc(C(O)CCC2CCCC2)cc1. The molecule has 1 saturated carbocycles. The number of rotatable bonds is 5. The Kier molecular flexibility index (Phi) is 4.65. The van der Waals surface area contributed by atoms with Crippen molar-refractivity contribution < 1.29 is 5.11 Å². The van der Waals surface area contributed by atoms with Crippen molar-refractivity contribution in [2.45, 2.75) is 44.6 Å². The number of hydrogen-bond acceptors (Lipinski definition) is 2. The van der Waals surface area contributed by atoms with Crippen LogP contribution in [-0.2, 0) is 0 Å². The number of hydrogen-bond donors (Lipinski definition) is 1. The Bertz CT molecular complexity index is 352. The second-order valence-corrected chi connectivity index (χ2v) is 5.73. The molecule has 0 amide bonds. The van der Waals surface area contributed by atoms with Crippen LogP contribution in [0.15, 0.2) is 24.3 Å². The summed E-state index contributed by atoms with van der Waals surface area (Å²) in [4.78, 5) is 2.08. The second-order valence-electron chi connectivity index (χ2n) is 5.73. The normalized spacial score (nSPS) is 17.9. The van der Waals surface area contributed by atoms with Gasteiger partial charge in [0, 0.05) is 19.8 Å². The standard InChI is InChI=1S/C16H25NO/c1-17(2)15-10-8-14(9-11-15)16(18)12-7-13-5-3-4-6-13/h8-11,13,16,18H,3-7,12H2,1-2H3. The van der Waals surface area contributed by atoms with Crippen molar-refractivity contribution in [3.63, 3.8) is 0 Å². The predicted octanol–water partition coefficient (Wildman–Crippen LogP) is 3.76. The van der Waals surface area contributed by atoms with Crippen LogP contribution in [0.1, 0.15) is 50.2 Å². The minimum absolute atomic E-state index is 0.290. The van der Waals surface area contributed by atoms with Gasteiger partial charge < -0.3 is 10.0 Å². The molecule has 2 nitrogen and oxygen atoms in total. The van der Waals surface area contributed by atoms with Crippen LogP contribution < -0.4 is 4.90 Å². The van der Waals surface area contributed by atoms with Gasteiger partial charge in [0.25, 0.3) is 0 Å². The lowest BCUT2D eigenvalue weighted by molar-refractivity contribution is 0.157. The van der Waals surface area contributed by atoms with E-state index in [1.165, 1.54) is 37.8 Å². The summed E-state index contributed by atoms with van der Waals surface area (Å²) in [6.45, 7) is 0.